The first-order valence-corrected chi connectivity index (χ1v) is 8.38. The maximum atomic E-state index is 12.6. The Morgan fingerprint density at radius 1 is 1.11 bits per heavy atom. The first-order chi connectivity index (χ1) is 13.4. The molecule has 0 aliphatic carbocycles. The van der Waals surface area contributed by atoms with Crippen LogP contribution in [0.2, 0.25) is 0 Å². The van der Waals surface area contributed by atoms with Crippen LogP contribution in [0.25, 0.3) is 22.0 Å². The molecule has 0 aliphatic heterocycles. The first kappa shape index (κ1) is 17.4. The third-order valence-corrected chi connectivity index (χ3v) is 4.29. The number of aromatic nitrogens is 5. The Balaban J connectivity index is 1.70. The number of carbonyl (C=O) groups excluding carboxylic acids is 1. The van der Waals surface area contributed by atoms with Gasteiger partial charge < -0.3 is 10.4 Å². The minimum Gasteiger partial charge on any atom is -0.478 e. The average Bonchev–Trinajstić information content (AvgIpc) is 3.27. The Labute approximate surface area is 159 Å². The van der Waals surface area contributed by atoms with Crippen molar-refractivity contribution in [1.29, 1.82) is 0 Å². The van der Waals surface area contributed by atoms with Crippen molar-refractivity contribution >= 4 is 28.3 Å². The smallest absolute Gasteiger partial charge is 0.339 e. The number of carbonyl (C=O) groups is 2. The minimum atomic E-state index is -1.21. The largest absolute Gasteiger partial charge is 0.478 e. The molecular weight excluding hydrogens is 360 g/mol. The number of rotatable bonds is 4. The van der Waals surface area contributed by atoms with Gasteiger partial charge in [0.2, 0.25) is 0 Å². The van der Waals surface area contributed by atoms with Gasteiger partial charge in [-0.15, -0.1) is 0 Å². The molecule has 0 saturated heterocycles. The number of amides is 1. The van der Waals surface area contributed by atoms with Crippen molar-refractivity contribution in [2.24, 2.45) is 14.1 Å². The number of nitrogens with zero attached hydrogens (tertiary/aromatic N) is 5. The van der Waals surface area contributed by atoms with E-state index in [0.717, 1.165) is 22.0 Å². The summed E-state index contributed by atoms with van der Waals surface area (Å²) in [6, 6.07) is 7.36. The van der Waals surface area contributed by atoms with Crippen LogP contribution in [0.3, 0.4) is 0 Å². The molecule has 0 saturated carbocycles. The number of aromatic carboxylic acids is 1. The van der Waals surface area contributed by atoms with Crippen LogP contribution in [0, 0.1) is 0 Å². The van der Waals surface area contributed by atoms with Gasteiger partial charge in [0.1, 0.15) is 5.56 Å². The first-order valence-electron chi connectivity index (χ1n) is 8.38. The standard InChI is InChI=1S/C19H16N6O3/c1-24-9-12(7-21-24)16-6-11-4-3-5-15(13(11)8-20-16)22-18(26)17-14(19(27)28)10-25(2)23-17/h3-10H,1-2H3,(H,22,26)(H,27,28). The second kappa shape index (κ2) is 6.62. The molecule has 3 aromatic heterocycles. The second-order valence-corrected chi connectivity index (χ2v) is 6.32. The highest BCUT2D eigenvalue weighted by molar-refractivity contribution is 6.12. The number of hydrogen-bond acceptors (Lipinski definition) is 5. The molecule has 4 rings (SSSR count). The van der Waals surface area contributed by atoms with Crippen LogP contribution in [0.4, 0.5) is 5.69 Å². The molecule has 140 valence electrons. The van der Waals surface area contributed by atoms with Crippen molar-refractivity contribution in [2.45, 2.75) is 0 Å². The molecule has 0 radical (unpaired) electrons. The number of carboxylic acid groups (broad SMARTS) is 1. The van der Waals surface area contributed by atoms with Crippen LogP contribution >= 0.6 is 0 Å². The van der Waals surface area contributed by atoms with Gasteiger partial charge in [-0.25, -0.2) is 4.79 Å². The molecule has 1 amide bonds. The zero-order chi connectivity index (χ0) is 19.8. The van der Waals surface area contributed by atoms with E-state index < -0.39 is 11.9 Å². The Hall–Kier alpha value is -4.01. The molecule has 0 atom stereocenters. The molecule has 1 aromatic carbocycles. The molecule has 4 aromatic rings. The normalized spacial score (nSPS) is 10.9. The summed E-state index contributed by atoms with van der Waals surface area (Å²) in [6.07, 6.45) is 6.56. The van der Waals surface area contributed by atoms with Crippen LogP contribution in [-0.4, -0.2) is 41.5 Å². The van der Waals surface area contributed by atoms with E-state index in [1.165, 1.54) is 10.9 Å². The fourth-order valence-electron chi connectivity index (χ4n) is 2.99. The third kappa shape index (κ3) is 3.09. The number of hydrogen-bond donors (Lipinski definition) is 2. The van der Waals surface area contributed by atoms with Crippen LogP contribution in [0.5, 0.6) is 0 Å². The summed E-state index contributed by atoms with van der Waals surface area (Å²) < 4.78 is 2.99. The van der Waals surface area contributed by atoms with Crippen LogP contribution in [0.1, 0.15) is 20.8 Å². The van der Waals surface area contributed by atoms with Gasteiger partial charge in [-0.1, -0.05) is 12.1 Å². The third-order valence-electron chi connectivity index (χ3n) is 4.29. The summed E-state index contributed by atoms with van der Waals surface area (Å²) >= 11 is 0. The molecule has 0 bridgehead atoms. The lowest BCUT2D eigenvalue weighted by Gasteiger charge is -2.09. The van der Waals surface area contributed by atoms with Crippen molar-refractivity contribution < 1.29 is 14.7 Å². The van der Waals surface area contributed by atoms with Crippen molar-refractivity contribution in [1.82, 2.24) is 24.5 Å². The number of benzene rings is 1. The summed E-state index contributed by atoms with van der Waals surface area (Å²) in [4.78, 5) is 28.4. The molecule has 0 unspecified atom stereocenters. The van der Waals surface area contributed by atoms with Gasteiger partial charge in [0.25, 0.3) is 5.91 Å². The van der Waals surface area contributed by atoms with Gasteiger partial charge >= 0.3 is 5.97 Å². The monoisotopic (exact) mass is 376 g/mol. The molecule has 0 aliphatic rings. The summed E-state index contributed by atoms with van der Waals surface area (Å²) in [5.41, 5.74) is 1.87. The fourth-order valence-corrected chi connectivity index (χ4v) is 2.99. The molecular formula is C19H16N6O3. The molecule has 9 nitrogen and oxygen atoms in total. The van der Waals surface area contributed by atoms with Crippen molar-refractivity contribution in [3.8, 4) is 11.3 Å². The average molecular weight is 376 g/mol. The van der Waals surface area contributed by atoms with Crippen LogP contribution in [0.15, 0.2) is 49.1 Å². The van der Waals surface area contributed by atoms with E-state index in [0.29, 0.717) is 5.69 Å². The Bertz CT molecular complexity index is 1220. The lowest BCUT2D eigenvalue weighted by atomic mass is 10.1. The lowest BCUT2D eigenvalue weighted by Crippen LogP contribution is -2.16. The van der Waals surface area contributed by atoms with Crippen molar-refractivity contribution in [3.63, 3.8) is 0 Å². The van der Waals surface area contributed by atoms with E-state index in [9.17, 15) is 14.7 Å². The quantitative estimate of drug-likeness (QED) is 0.565. The van der Waals surface area contributed by atoms with E-state index in [4.69, 9.17) is 0 Å². The van der Waals surface area contributed by atoms with E-state index in [1.807, 2.05) is 31.4 Å². The van der Waals surface area contributed by atoms with E-state index in [-0.39, 0.29) is 11.3 Å². The predicted octanol–water partition coefficient (Wildman–Crippen LogP) is 2.32. The van der Waals surface area contributed by atoms with Crippen LogP contribution in [-0.2, 0) is 14.1 Å². The van der Waals surface area contributed by atoms with E-state index in [1.54, 1.807) is 30.2 Å². The fraction of sp³-hybridized carbons (Fsp3) is 0.105. The Morgan fingerprint density at radius 2 is 1.93 bits per heavy atom. The SMILES string of the molecule is Cn1cc(-c2cc3cccc(NC(=O)c4nn(C)cc4C(=O)O)c3cn2)cn1. The lowest BCUT2D eigenvalue weighted by molar-refractivity contribution is 0.0692. The zero-order valence-electron chi connectivity index (χ0n) is 15.1. The highest BCUT2D eigenvalue weighted by Gasteiger charge is 2.21. The van der Waals surface area contributed by atoms with Crippen molar-refractivity contribution in [3.05, 3.63) is 60.3 Å². The van der Waals surface area contributed by atoms with Gasteiger partial charge in [0.15, 0.2) is 5.69 Å². The van der Waals surface area contributed by atoms with Crippen molar-refractivity contribution in [2.75, 3.05) is 5.32 Å². The van der Waals surface area contributed by atoms with E-state index in [2.05, 4.69) is 20.5 Å². The molecule has 0 spiro atoms. The summed E-state index contributed by atoms with van der Waals surface area (Å²) in [6.45, 7) is 0. The summed E-state index contributed by atoms with van der Waals surface area (Å²) in [7, 11) is 3.40. The summed E-state index contributed by atoms with van der Waals surface area (Å²) in [5, 5.41) is 21.7. The van der Waals surface area contributed by atoms with Gasteiger partial charge in [0, 0.05) is 43.6 Å². The minimum absolute atomic E-state index is 0.146. The topological polar surface area (TPSA) is 115 Å². The number of fused-ring (bicyclic) bond motifs is 1. The van der Waals surface area contributed by atoms with Crippen LogP contribution < -0.4 is 5.32 Å². The summed E-state index contributed by atoms with van der Waals surface area (Å²) in [5.74, 6) is -1.80. The molecule has 3 heterocycles. The van der Waals surface area contributed by atoms with Gasteiger partial charge in [-0.3, -0.25) is 19.1 Å². The molecule has 2 N–H and O–H groups in total. The maximum absolute atomic E-state index is 12.6. The highest BCUT2D eigenvalue weighted by atomic mass is 16.4. The predicted molar refractivity (Wildman–Crippen MR) is 102 cm³/mol. The zero-order valence-corrected chi connectivity index (χ0v) is 15.1. The second-order valence-electron chi connectivity index (χ2n) is 6.32. The molecule has 9 heteroatoms. The molecule has 0 fully saturated rings. The van der Waals surface area contributed by atoms with Gasteiger partial charge in [-0.05, 0) is 17.5 Å². The number of anilines is 1. The Morgan fingerprint density at radius 3 is 2.64 bits per heavy atom. The number of aryl methyl sites for hydroxylation is 2. The molecule has 28 heavy (non-hydrogen) atoms. The maximum Gasteiger partial charge on any atom is 0.339 e. The van der Waals surface area contributed by atoms with Gasteiger partial charge in [0.05, 0.1) is 17.6 Å². The highest BCUT2D eigenvalue weighted by Crippen LogP contribution is 2.27. The number of nitrogens with one attached hydrogen (secondary N) is 1. The van der Waals surface area contributed by atoms with Gasteiger partial charge in [-0.2, -0.15) is 10.2 Å². The van der Waals surface area contributed by atoms with E-state index >= 15 is 0 Å². The number of pyridine rings is 1. The number of carboxylic acids is 1. The Kier molecular flexibility index (Phi) is 4.11.